The van der Waals surface area contributed by atoms with E-state index in [4.69, 9.17) is 11.6 Å². The topological polar surface area (TPSA) is 58.4 Å². The van der Waals surface area contributed by atoms with Gasteiger partial charge in [-0.05, 0) is 48.1 Å². The van der Waals surface area contributed by atoms with Gasteiger partial charge in [0.15, 0.2) is 5.78 Å². The summed E-state index contributed by atoms with van der Waals surface area (Å²) in [6.45, 7) is 4.07. The fourth-order valence-electron chi connectivity index (χ4n) is 4.48. The summed E-state index contributed by atoms with van der Waals surface area (Å²) < 4.78 is 41.0. The van der Waals surface area contributed by atoms with Crippen LogP contribution in [0.4, 0.5) is 18.0 Å². The summed E-state index contributed by atoms with van der Waals surface area (Å²) in [4.78, 5) is 27.7. The molecule has 2 aliphatic rings. The first kappa shape index (κ1) is 21.8. The number of amides is 1. The van der Waals surface area contributed by atoms with Gasteiger partial charge in [-0.25, -0.2) is 4.79 Å². The normalized spacial score (nSPS) is 18.8. The van der Waals surface area contributed by atoms with E-state index in [1.807, 2.05) is 4.90 Å². The molecule has 1 amide bonds. The van der Waals surface area contributed by atoms with E-state index < -0.39 is 11.7 Å². The van der Waals surface area contributed by atoms with Crippen LogP contribution in [0.15, 0.2) is 30.5 Å². The highest BCUT2D eigenvalue weighted by Crippen LogP contribution is 2.42. The number of nitrogens with zero attached hydrogens (tertiary/aromatic N) is 4. The second-order valence-electron chi connectivity index (χ2n) is 8.42. The maximum Gasteiger partial charge on any atom is 0.416 e. The molecule has 1 spiro atoms. The summed E-state index contributed by atoms with van der Waals surface area (Å²) >= 11 is 5.92. The van der Waals surface area contributed by atoms with Crippen molar-refractivity contribution in [3.05, 3.63) is 52.3 Å². The minimum Gasteiger partial charge on any atom is -0.323 e. The van der Waals surface area contributed by atoms with Crippen molar-refractivity contribution in [2.45, 2.75) is 32.5 Å². The van der Waals surface area contributed by atoms with Crippen molar-refractivity contribution in [1.29, 1.82) is 0 Å². The van der Waals surface area contributed by atoms with Crippen molar-refractivity contribution in [2.75, 3.05) is 26.2 Å². The first-order valence-corrected chi connectivity index (χ1v) is 10.4. The maximum absolute atomic E-state index is 13.3. The van der Waals surface area contributed by atoms with Crippen LogP contribution in [0.25, 0.3) is 0 Å². The number of hydrogen-bond acceptors (Lipinski definition) is 4. The second kappa shape index (κ2) is 7.94. The van der Waals surface area contributed by atoms with Gasteiger partial charge in [0.25, 0.3) is 0 Å². The molecular weight excluding hydrogens is 433 g/mol. The molecule has 1 aromatic heterocycles. The van der Waals surface area contributed by atoms with Crippen LogP contribution in [0.5, 0.6) is 0 Å². The predicted octanol–water partition coefficient (Wildman–Crippen LogP) is 4.32. The third kappa shape index (κ3) is 4.48. The van der Waals surface area contributed by atoms with Crippen LogP contribution in [0.2, 0.25) is 5.02 Å². The van der Waals surface area contributed by atoms with Crippen molar-refractivity contribution >= 4 is 23.4 Å². The molecule has 2 aromatic rings. The summed E-state index contributed by atoms with van der Waals surface area (Å²) in [5.41, 5.74) is -0.205. The van der Waals surface area contributed by atoms with E-state index in [0.29, 0.717) is 26.2 Å². The number of ketones is 1. The lowest BCUT2D eigenvalue weighted by molar-refractivity contribution is -0.139. The Labute approximate surface area is 182 Å². The molecule has 0 atom stereocenters. The van der Waals surface area contributed by atoms with E-state index in [0.717, 1.165) is 18.9 Å². The van der Waals surface area contributed by atoms with Gasteiger partial charge in [-0.2, -0.15) is 23.0 Å². The van der Waals surface area contributed by atoms with E-state index in [-0.39, 0.29) is 40.1 Å². The molecule has 1 aromatic carbocycles. The summed E-state index contributed by atoms with van der Waals surface area (Å²) in [6.07, 6.45) is -1.38. The molecule has 4 rings (SSSR count). The average molecular weight is 455 g/mol. The average Bonchev–Trinajstić information content (AvgIpc) is 3.16. The number of likely N-dealkylation sites (tertiary alicyclic amines) is 2. The molecule has 6 nitrogen and oxygen atoms in total. The lowest BCUT2D eigenvalue weighted by atomic mass is 9.72. The van der Waals surface area contributed by atoms with Crippen LogP contribution in [0, 0.1) is 5.41 Å². The van der Waals surface area contributed by atoms with Gasteiger partial charge in [0, 0.05) is 50.9 Å². The number of Topliss-reactive ketones (excluding diaryl/α,β-unsaturated/α-hetero) is 1. The highest BCUT2D eigenvalue weighted by Gasteiger charge is 2.46. The molecule has 2 saturated heterocycles. The molecule has 166 valence electrons. The van der Waals surface area contributed by atoms with Gasteiger partial charge < -0.3 is 4.90 Å². The molecule has 10 heteroatoms. The summed E-state index contributed by atoms with van der Waals surface area (Å²) in [5.74, 6) is -0.202. The van der Waals surface area contributed by atoms with Gasteiger partial charge in [0.2, 0.25) is 0 Å². The van der Waals surface area contributed by atoms with Crippen molar-refractivity contribution in [1.82, 2.24) is 19.6 Å². The number of aromatic nitrogens is 2. The minimum absolute atomic E-state index is 0.0163. The Balaban J connectivity index is 1.33. The van der Waals surface area contributed by atoms with Gasteiger partial charge in [0.1, 0.15) is 5.69 Å². The molecule has 3 heterocycles. The van der Waals surface area contributed by atoms with Gasteiger partial charge in [-0.1, -0.05) is 11.6 Å². The SMILES string of the molecule is CC(=O)c1ccn(C(=O)N2CCC3(CC2)CN(Cc2cc(Cl)ccc2C(F)(F)F)C3)n1. The van der Waals surface area contributed by atoms with Gasteiger partial charge >= 0.3 is 12.2 Å². The number of carbonyl (C=O) groups is 2. The fourth-order valence-corrected chi connectivity index (χ4v) is 4.67. The molecule has 0 N–H and O–H groups in total. The van der Waals surface area contributed by atoms with Gasteiger partial charge in [0.05, 0.1) is 5.56 Å². The molecule has 2 aliphatic heterocycles. The first-order valence-electron chi connectivity index (χ1n) is 10.0. The third-order valence-corrected chi connectivity index (χ3v) is 6.36. The van der Waals surface area contributed by atoms with E-state index in [2.05, 4.69) is 5.10 Å². The van der Waals surface area contributed by atoms with Crippen LogP contribution < -0.4 is 0 Å². The predicted molar refractivity (Wildman–Crippen MR) is 108 cm³/mol. The molecule has 0 aliphatic carbocycles. The Morgan fingerprint density at radius 1 is 1.16 bits per heavy atom. The van der Waals surface area contributed by atoms with E-state index in [1.165, 1.54) is 36.0 Å². The Morgan fingerprint density at radius 2 is 1.84 bits per heavy atom. The van der Waals surface area contributed by atoms with Crippen LogP contribution in [-0.2, 0) is 12.7 Å². The highest BCUT2D eigenvalue weighted by molar-refractivity contribution is 6.30. The molecule has 0 radical (unpaired) electrons. The number of carbonyl (C=O) groups excluding carboxylic acids is 2. The lowest BCUT2D eigenvalue weighted by Gasteiger charge is -2.54. The molecule has 2 fully saturated rings. The third-order valence-electron chi connectivity index (χ3n) is 6.13. The zero-order chi connectivity index (χ0) is 22.4. The highest BCUT2D eigenvalue weighted by atomic mass is 35.5. The van der Waals surface area contributed by atoms with Crippen LogP contribution in [0.3, 0.4) is 0 Å². The first-order chi connectivity index (χ1) is 14.6. The van der Waals surface area contributed by atoms with Crippen molar-refractivity contribution in [3.8, 4) is 0 Å². The molecule has 31 heavy (non-hydrogen) atoms. The Kier molecular flexibility index (Phi) is 5.59. The zero-order valence-electron chi connectivity index (χ0n) is 17.0. The monoisotopic (exact) mass is 454 g/mol. The van der Waals surface area contributed by atoms with Gasteiger partial charge in [-0.15, -0.1) is 0 Å². The number of alkyl halides is 3. The van der Waals surface area contributed by atoms with Crippen molar-refractivity contribution < 1.29 is 22.8 Å². The fraction of sp³-hybridized carbons (Fsp3) is 0.476. The lowest BCUT2D eigenvalue weighted by Crippen LogP contribution is -2.60. The van der Waals surface area contributed by atoms with Crippen LogP contribution >= 0.6 is 11.6 Å². The van der Waals surface area contributed by atoms with Crippen LogP contribution in [0.1, 0.15) is 41.4 Å². The number of benzene rings is 1. The van der Waals surface area contributed by atoms with E-state index >= 15 is 0 Å². The largest absolute Gasteiger partial charge is 0.416 e. The summed E-state index contributed by atoms with van der Waals surface area (Å²) in [6, 6.07) is 4.92. The smallest absolute Gasteiger partial charge is 0.323 e. The summed E-state index contributed by atoms with van der Waals surface area (Å²) in [7, 11) is 0. The van der Waals surface area contributed by atoms with Crippen molar-refractivity contribution in [3.63, 3.8) is 0 Å². The number of rotatable bonds is 3. The number of halogens is 4. The number of hydrogen-bond donors (Lipinski definition) is 0. The number of piperidine rings is 1. The standard InChI is InChI=1S/C21H22ClF3N4O2/c1-14(30)18-4-7-29(26-18)19(31)28-8-5-20(6-9-28)12-27(13-20)11-15-10-16(22)2-3-17(15)21(23,24)25/h2-4,7,10H,5-6,8-9,11-13H2,1H3. The van der Waals surface area contributed by atoms with Gasteiger partial charge in [-0.3, -0.25) is 9.69 Å². The Morgan fingerprint density at radius 3 is 2.42 bits per heavy atom. The summed E-state index contributed by atoms with van der Waals surface area (Å²) in [5, 5.41) is 4.30. The Bertz CT molecular complexity index is 1000. The van der Waals surface area contributed by atoms with E-state index in [9.17, 15) is 22.8 Å². The van der Waals surface area contributed by atoms with E-state index in [1.54, 1.807) is 4.90 Å². The molecular formula is C21H22ClF3N4O2. The Hall–Kier alpha value is -2.39. The molecule has 0 unspecified atom stereocenters. The maximum atomic E-state index is 13.3. The molecule has 0 bridgehead atoms. The minimum atomic E-state index is -4.41. The second-order valence-corrected chi connectivity index (χ2v) is 8.85. The van der Waals surface area contributed by atoms with Crippen LogP contribution in [-0.4, -0.2) is 57.6 Å². The quantitative estimate of drug-likeness (QED) is 0.648. The van der Waals surface area contributed by atoms with Crippen molar-refractivity contribution in [2.24, 2.45) is 5.41 Å². The zero-order valence-corrected chi connectivity index (χ0v) is 17.7. The molecule has 0 saturated carbocycles.